The van der Waals surface area contributed by atoms with Crippen molar-refractivity contribution in [1.82, 2.24) is 9.88 Å². The van der Waals surface area contributed by atoms with Crippen LogP contribution in [0.2, 0.25) is 0 Å². The summed E-state index contributed by atoms with van der Waals surface area (Å²) in [6.07, 6.45) is 0. The summed E-state index contributed by atoms with van der Waals surface area (Å²) >= 11 is 1.91. The monoisotopic (exact) mass is 286 g/mol. The van der Waals surface area contributed by atoms with Gasteiger partial charge in [0.25, 0.3) is 0 Å². The van der Waals surface area contributed by atoms with Gasteiger partial charge in [0.05, 0.1) is 5.69 Å². The highest BCUT2D eigenvalue weighted by atomic mass is 32.2. The van der Waals surface area contributed by atoms with E-state index in [1.807, 2.05) is 24.8 Å². The third-order valence-corrected chi connectivity index (χ3v) is 4.13. The van der Waals surface area contributed by atoms with Crippen molar-refractivity contribution >= 4 is 11.8 Å². The van der Waals surface area contributed by atoms with Crippen molar-refractivity contribution in [3.8, 4) is 0 Å². The first-order valence-corrected chi connectivity index (χ1v) is 7.92. The maximum Gasteiger partial charge on any atom is 0.0547 e. The topological polar surface area (TPSA) is 16.1 Å². The minimum Gasteiger partial charge on any atom is -0.300 e. The van der Waals surface area contributed by atoms with Crippen LogP contribution in [-0.4, -0.2) is 29.2 Å². The predicted octanol–water partition coefficient (Wildman–Crippen LogP) is 3.92. The summed E-state index contributed by atoms with van der Waals surface area (Å²) < 4.78 is 0. The molecule has 0 radical (unpaired) electrons. The Morgan fingerprint density at radius 2 is 1.80 bits per heavy atom. The maximum atomic E-state index is 4.54. The molecule has 106 valence electrons. The fraction of sp³-hybridized carbons (Fsp3) is 0.353. The summed E-state index contributed by atoms with van der Waals surface area (Å²) in [6.45, 7) is 6.14. The average molecular weight is 286 g/mol. The van der Waals surface area contributed by atoms with Gasteiger partial charge in [-0.15, -0.1) is 11.8 Å². The highest BCUT2D eigenvalue weighted by molar-refractivity contribution is 7.99. The molecule has 2 rings (SSSR count). The number of aromatic nitrogens is 1. The molecule has 2 nitrogen and oxygen atoms in total. The van der Waals surface area contributed by atoms with Gasteiger partial charge in [0.15, 0.2) is 0 Å². The molecule has 0 aliphatic rings. The molecule has 0 aliphatic carbocycles. The van der Waals surface area contributed by atoms with Crippen LogP contribution in [0.5, 0.6) is 0 Å². The normalized spacial score (nSPS) is 11.0. The van der Waals surface area contributed by atoms with Crippen LogP contribution < -0.4 is 0 Å². The van der Waals surface area contributed by atoms with E-state index in [0.29, 0.717) is 0 Å². The van der Waals surface area contributed by atoms with Crippen LogP contribution in [0, 0.1) is 13.8 Å². The molecule has 0 atom stereocenters. The van der Waals surface area contributed by atoms with Crippen molar-refractivity contribution in [2.24, 2.45) is 0 Å². The fourth-order valence-corrected chi connectivity index (χ4v) is 2.96. The molecule has 0 saturated carbocycles. The van der Waals surface area contributed by atoms with E-state index >= 15 is 0 Å². The number of hydrogen-bond acceptors (Lipinski definition) is 3. The SMILES string of the molecule is Cc1ccc(SCCN(C)Cc2cccc(C)n2)cc1. The van der Waals surface area contributed by atoms with Gasteiger partial charge in [-0.2, -0.15) is 0 Å². The highest BCUT2D eigenvalue weighted by Crippen LogP contribution is 2.18. The van der Waals surface area contributed by atoms with E-state index in [9.17, 15) is 0 Å². The molecule has 0 fully saturated rings. The molecule has 0 amide bonds. The first-order chi connectivity index (χ1) is 9.63. The van der Waals surface area contributed by atoms with Gasteiger partial charge in [0.2, 0.25) is 0 Å². The third-order valence-electron chi connectivity index (χ3n) is 3.14. The number of nitrogens with zero attached hydrogens (tertiary/aromatic N) is 2. The molecule has 0 aliphatic heterocycles. The van der Waals surface area contributed by atoms with Crippen LogP contribution >= 0.6 is 11.8 Å². The zero-order chi connectivity index (χ0) is 14.4. The van der Waals surface area contributed by atoms with Crippen LogP contribution in [-0.2, 0) is 6.54 Å². The van der Waals surface area contributed by atoms with E-state index in [1.54, 1.807) is 0 Å². The van der Waals surface area contributed by atoms with Crippen molar-refractivity contribution in [2.75, 3.05) is 19.3 Å². The maximum absolute atomic E-state index is 4.54. The van der Waals surface area contributed by atoms with Crippen LogP contribution in [0.25, 0.3) is 0 Å². The second-order valence-corrected chi connectivity index (χ2v) is 6.34. The molecular formula is C17H22N2S. The minimum absolute atomic E-state index is 0.913. The highest BCUT2D eigenvalue weighted by Gasteiger charge is 2.02. The number of benzene rings is 1. The lowest BCUT2D eigenvalue weighted by atomic mass is 10.2. The van der Waals surface area contributed by atoms with Crippen LogP contribution in [0.3, 0.4) is 0 Å². The molecule has 2 aromatic rings. The molecule has 20 heavy (non-hydrogen) atoms. The van der Waals surface area contributed by atoms with Crippen molar-refractivity contribution in [1.29, 1.82) is 0 Å². The molecule has 0 saturated heterocycles. The molecule has 1 aromatic heterocycles. The Labute approximate surface area is 126 Å². The minimum atomic E-state index is 0.913. The quantitative estimate of drug-likeness (QED) is 0.749. The number of thioether (sulfide) groups is 1. The standard InChI is InChI=1S/C17H22N2S/c1-14-7-9-17(10-8-14)20-12-11-19(3)13-16-6-4-5-15(2)18-16/h4-10H,11-13H2,1-3H3. The Balaban J connectivity index is 1.75. The lowest BCUT2D eigenvalue weighted by molar-refractivity contribution is 0.344. The Morgan fingerprint density at radius 3 is 2.50 bits per heavy atom. The Morgan fingerprint density at radius 1 is 1.05 bits per heavy atom. The fourth-order valence-electron chi connectivity index (χ4n) is 2.00. The number of hydrogen-bond donors (Lipinski definition) is 0. The Bertz CT molecular complexity index is 537. The molecule has 0 unspecified atom stereocenters. The first kappa shape index (κ1) is 15.1. The number of rotatable bonds is 6. The zero-order valence-corrected chi connectivity index (χ0v) is 13.3. The molecule has 3 heteroatoms. The largest absolute Gasteiger partial charge is 0.300 e. The van der Waals surface area contributed by atoms with E-state index in [4.69, 9.17) is 0 Å². The summed E-state index contributed by atoms with van der Waals surface area (Å²) in [7, 11) is 2.15. The number of pyridine rings is 1. The predicted molar refractivity (Wildman–Crippen MR) is 87.2 cm³/mol. The van der Waals surface area contributed by atoms with Gasteiger partial charge in [0, 0.05) is 29.4 Å². The van der Waals surface area contributed by atoms with Crippen LogP contribution in [0.15, 0.2) is 47.4 Å². The van der Waals surface area contributed by atoms with Gasteiger partial charge in [0.1, 0.15) is 0 Å². The van der Waals surface area contributed by atoms with E-state index in [2.05, 4.69) is 60.3 Å². The Kier molecular flexibility index (Phi) is 5.62. The zero-order valence-electron chi connectivity index (χ0n) is 12.5. The molecule has 0 spiro atoms. The average Bonchev–Trinajstić information content (AvgIpc) is 2.41. The first-order valence-electron chi connectivity index (χ1n) is 6.94. The summed E-state index contributed by atoms with van der Waals surface area (Å²) in [4.78, 5) is 8.21. The van der Waals surface area contributed by atoms with E-state index in [0.717, 1.165) is 30.2 Å². The lowest BCUT2D eigenvalue weighted by Gasteiger charge is -2.16. The van der Waals surface area contributed by atoms with Gasteiger partial charge < -0.3 is 0 Å². The summed E-state index contributed by atoms with van der Waals surface area (Å²) in [5, 5.41) is 0. The number of aryl methyl sites for hydroxylation is 2. The second kappa shape index (κ2) is 7.46. The van der Waals surface area contributed by atoms with E-state index < -0.39 is 0 Å². The molecule has 1 heterocycles. The second-order valence-electron chi connectivity index (χ2n) is 5.17. The van der Waals surface area contributed by atoms with Crippen LogP contribution in [0.4, 0.5) is 0 Å². The molecule has 1 aromatic carbocycles. The van der Waals surface area contributed by atoms with Gasteiger partial charge in [-0.3, -0.25) is 9.88 Å². The Hall–Kier alpha value is -1.32. The van der Waals surface area contributed by atoms with Crippen molar-refractivity contribution in [3.63, 3.8) is 0 Å². The van der Waals surface area contributed by atoms with Gasteiger partial charge >= 0.3 is 0 Å². The molecule has 0 bridgehead atoms. The van der Waals surface area contributed by atoms with Crippen molar-refractivity contribution in [2.45, 2.75) is 25.3 Å². The van der Waals surface area contributed by atoms with Gasteiger partial charge in [-0.05, 0) is 45.2 Å². The van der Waals surface area contributed by atoms with Crippen molar-refractivity contribution < 1.29 is 0 Å². The smallest absolute Gasteiger partial charge is 0.0547 e. The molecule has 0 N–H and O–H groups in total. The summed E-state index contributed by atoms with van der Waals surface area (Å²) in [5.41, 5.74) is 3.55. The van der Waals surface area contributed by atoms with Gasteiger partial charge in [-0.1, -0.05) is 23.8 Å². The lowest BCUT2D eigenvalue weighted by Crippen LogP contribution is -2.21. The van der Waals surface area contributed by atoms with E-state index in [-0.39, 0.29) is 0 Å². The summed E-state index contributed by atoms with van der Waals surface area (Å²) in [5.74, 6) is 1.10. The van der Waals surface area contributed by atoms with E-state index in [1.165, 1.54) is 10.5 Å². The van der Waals surface area contributed by atoms with Gasteiger partial charge in [-0.25, -0.2) is 0 Å². The molecular weight excluding hydrogens is 264 g/mol. The third kappa shape index (κ3) is 4.99. The van der Waals surface area contributed by atoms with Crippen LogP contribution in [0.1, 0.15) is 17.0 Å². The van der Waals surface area contributed by atoms with Crippen molar-refractivity contribution in [3.05, 3.63) is 59.4 Å². The summed E-state index contributed by atoms with van der Waals surface area (Å²) in [6, 6.07) is 14.9.